The number of benzene rings is 1. The third-order valence-electron chi connectivity index (χ3n) is 4.72. The van der Waals surface area contributed by atoms with Crippen LogP contribution >= 0.6 is 24.8 Å². The first-order valence-corrected chi connectivity index (χ1v) is 8.05. The van der Waals surface area contributed by atoms with Crippen LogP contribution in [0.1, 0.15) is 24.4 Å². The van der Waals surface area contributed by atoms with Crippen LogP contribution in [0.25, 0.3) is 0 Å². The van der Waals surface area contributed by atoms with Crippen LogP contribution in [-0.2, 0) is 4.74 Å². The molecule has 4 nitrogen and oxygen atoms in total. The molecule has 0 saturated carbocycles. The molecule has 23 heavy (non-hydrogen) atoms. The summed E-state index contributed by atoms with van der Waals surface area (Å²) >= 11 is 0. The van der Waals surface area contributed by atoms with Gasteiger partial charge in [0, 0.05) is 51.0 Å². The molecule has 1 aromatic carbocycles. The van der Waals surface area contributed by atoms with Crippen molar-refractivity contribution in [3.8, 4) is 5.75 Å². The van der Waals surface area contributed by atoms with Crippen LogP contribution < -0.4 is 10.1 Å². The summed E-state index contributed by atoms with van der Waals surface area (Å²) in [5, 5.41) is 3.45. The quantitative estimate of drug-likeness (QED) is 0.892. The molecular formula is C17H28Cl2N2O2. The number of methoxy groups -OCH3 is 1. The van der Waals surface area contributed by atoms with Gasteiger partial charge < -0.3 is 14.8 Å². The highest BCUT2D eigenvalue weighted by Crippen LogP contribution is 2.39. The number of para-hydroxylation sites is 1. The minimum atomic E-state index is 0. The van der Waals surface area contributed by atoms with Crippen LogP contribution in [0.4, 0.5) is 0 Å². The van der Waals surface area contributed by atoms with Gasteiger partial charge in [0.15, 0.2) is 0 Å². The van der Waals surface area contributed by atoms with E-state index >= 15 is 0 Å². The van der Waals surface area contributed by atoms with Gasteiger partial charge in [0.05, 0.1) is 7.11 Å². The zero-order valence-corrected chi connectivity index (χ0v) is 15.3. The van der Waals surface area contributed by atoms with Crippen molar-refractivity contribution < 1.29 is 9.47 Å². The average molecular weight is 363 g/mol. The van der Waals surface area contributed by atoms with Crippen molar-refractivity contribution in [2.75, 3.05) is 46.5 Å². The van der Waals surface area contributed by atoms with E-state index in [-0.39, 0.29) is 24.8 Å². The molecule has 2 aliphatic rings. The molecule has 132 valence electrons. The van der Waals surface area contributed by atoms with Crippen LogP contribution in [0, 0.1) is 5.92 Å². The van der Waals surface area contributed by atoms with Crippen LogP contribution in [0.3, 0.4) is 0 Å². The van der Waals surface area contributed by atoms with E-state index in [2.05, 4.69) is 34.5 Å². The van der Waals surface area contributed by atoms with Gasteiger partial charge in [0.1, 0.15) is 5.75 Å². The van der Waals surface area contributed by atoms with Crippen LogP contribution in [-0.4, -0.2) is 51.4 Å². The topological polar surface area (TPSA) is 33.7 Å². The molecule has 1 N–H and O–H groups in total. The maximum absolute atomic E-state index is 5.63. The van der Waals surface area contributed by atoms with Crippen LogP contribution in [0.2, 0.25) is 0 Å². The van der Waals surface area contributed by atoms with Gasteiger partial charge in [0.2, 0.25) is 0 Å². The molecule has 6 heteroatoms. The summed E-state index contributed by atoms with van der Waals surface area (Å²) in [5.41, 5.74) is 1.34. The molecule has 1 aromatic rings. The minimum Gasteiger partial charge on any atom is -0.496 e. The van der Waals surface area contributed by atoms with Crippen molar-refractivity contribution in [3.05, 3.63) is 29.8 Å². The molecule has 0 unspecified atom stereocenters. The lowest BCUT2D eigenvalue weighted by molar-refractivity contribution is 0.0206. The van der Waals surface area contributed by atoms with Crippen molar-refractivity contribution >= 4 is 24.8 Å². The highest BCUT2D eigenvalue weighted by Gasteiger charge is 2.32. The molecule has 2 aliphatic heterocycles. The smallest absolute Gasteiger partial charge is 0.123 e. The predicted octanol–water partition coefficient (Wildman–Crippen LogP) is 2.91. The monoisotopic (exact) mass is 362 g/mol. The fourth-order valence-electron chi connectivity index (χ4n) is 3.65. The molecule has 1 atom stereocenters. The summed E-state index contributed by atoms with van der Waals surface area (Å²) in [7, 11) is 1.78. The summed E-state index contributed by atoms with van der Waals surface area (Å²) in [4.78, 5) is 2.63. The molecule has 0 aromatic heterocycles. The second kappa shape index (κ2) is 10.4. The van der Waals surface area contributed by atoms with Gasteiger partial charge in [-0.25, -0.2) is 0 Å². The third kappa shape index (κ3) is 4.97. The summed E-state index contributed by atoms with van der Waals surface area (Å²) in [6, 6.07) is 8.96. The lowest BCUT2D eigenvalue weighted by Gasteiger charge is -2.41. The Morgan fingerprint density at radius 3 is 2.43 bits per heavy atom. The average Bonchev–Trinajstić information content (AvgIpc) is 2.58. The highest BCUT2D eigenvalue weighted by atomic mass is 35.5. The van der Waals surface area contributed by atoms with Gasteiger partial charge in [-0.05, 0) is 24.8 Å². The number of rotatable bonds is 4. The van der Waals surface area contributed by atoms with Crippen molar-refractivity contribution in [2.24, 2.45) is 5.92 Å². The van der Waals surface area contributed by atoms with Gasteiger partial charge in [-0.2, -0.15) is 0 Å². The summed E-state index contributed by atoms with van der Waals surface area (Å²) < 4.78 is 11.2. The Balaban J connectivity index is 0.00000132. The first kappa shape index (κ1) is 20.5. The van der Waals surface area contributed by atoms with E-state index in [9.17, 15) is 0 Å². The van der Waals surface area contributed by atoms with Crippen molar-refractivity contribution in [2.45, 2.75) is 18.9 Å². The van der Waals surface area contributed by atoms with Gasteiger partial charge >= 0.3 is 0 Å². The Hall–Kier alpha value is -0.520. The number of halogens is 2. The predicted molar refractivity (Wildman–Crippen MR) is 98.2 cm³/mol. The van der Waals surface area contributed by atoms with Gasteiger partial charge in [0.25, 0.3) is 0 Å². The molecule has 2 fully saturated rings. The maximum Gasteiger partial charge on any atom is 0.123 e. The fraction of sp³-hybridized carbons (Fsp3) is 0.647. The number of piperazine rings is 1. The van der Waals surface area contributed by atoms with Crippen LogP contribution in [0.15, 0.2) is 24.3 Å². The number of ether oxygens (including phenoxy) is 2. The Bertz CT molecular complexity index is 432. The molecule has 0 bridgehead atoms. The van der Waals surface area contributed by atoms with E-state index < -0.39 is 0 Å². The molecule has 3 rings (SSSR count). The molecule has 2 heterocycles. The Morgan fingerprint density at radius 2 is 1.78 bits per heavy atom. The zero-order valence-electron chi connectivity index (χ0n) is 13.7. The van der Waals surface area contributed by atoms with Crippen molar-refractivity contribution in [3.63, 3.8) is 0 Å². The Labute approximate surface area is 151 Å². The molecule has 0 aliphatic carbocycles. The number of hydrogen-bond acceptors (Lipinski definition) is 4. The summed E-state index contributed by atoms with van der Waals surface area (Å²) in [6.07, 6.45) is 2.29. The SMILES string of the molecule is COc1ccccc1[C@@H](C1CCOCC1)N1CCNCC1.Cl.Cl. The first-order chi connectivity index (χ1) is 10.4. The van der Waals surface area contributed by atoms with Gasteiger partial charge in [-0.1, -0.05) is 18.2 Å². The highest BCUT2D eigenvalue weighted by molar-refractivity contribution is 5.85. The van der Waals surface area contributed by atoms with E-state index in [0.29, 0.717) is 12.0 Å². The fourth-order valence-corrected chi connectivity index (χ4v) is 3.65. The van der Waals surface area contributed by atoms with Crippen molar-refractivity contribution in [1.82, 2.24) is 10.2 Å². The number of hydrogen-bond donors (Lipinski definition) is 1. The van der Waals surface area contributed by atoms with E-state index in [1.165, 1.54) is 5.56 Å². The van der Waals surface area contributed by atoms with Crippen LogP contribution in [0.5, 0.6) is 5.75 Å². The van der Waals surface area contributed by atoms with E-state index in [1.54, 1.807) is 7.11 Å². The van der Waals surface area contributed by atoms with Gasteiger partial charge in [-0.15, -0.1) is 24.8 Å². The third-order valence-corrected chi connectivity index (χ3v) is 4.72. The molecule has 0 amide bonds. The lowest BCUT2D eigenvalue weighted by Crippen LogP contribution is -2.47. The van der Waals surface area contributed by atoms with E-state index in [1.807, 2.05) is 0 Å². The zero-order chi connectivity index (χ0) is 14.5. The molecular weight excluding hydrogens is 335 g/mol. The van der Waals surface area contributed by atoms with E-state index in [4.69, 9.17) is 9.47 Å². The standard InChI is InChI=1S/C17H26N2O2.2ClH/c1-20-16-5-3-2-4-15(16)17(14-6-12-21-13-7-14)19-10-8-18-9-11-19;;/h2-5,14,17-18H,6-13H2,1H3;2*1H/t17-;;/m1../s1. The second-order valence-electron chi connectivity index (χ2n) is 5.92. The van der Waals surface area contributed by atoms with Crippen molar-refractivity contribution in [1.29, 1.82) is 0 Å². The number of nitrogens with zero attached hydrogens (tertiary/aromatic N) is 1. The van der Waals surface area contributed by atoms with E-state index in [0.717, 1.165) is 58.0 Å². The maximum atomic E-state index is 5.63. The lowest BCUT2D eigenvalue weighted by atomic mass is 9.85. The van der Waals surface area contributed by atoms with Gasteiger partial charge in [-0.3, -0.25) is 4.90 Å². The minimum absolute atomic E-state index is 0. The Morgan fingerprint density at radius 1 is 1.13 bits per heavy atom. The molecule has 2 saturated heterocycles. The Kier molecular flexibility index (Phi) is 9.25. The first-order valence-electron chi connectivity index (χ1n) is 8.05. The summed E-state index contributed by atoms with van der Waals surface area (Å²) in [6.45, 7) is 6.16. The second-order valence-corrected chi connectivity index (χ2v) is 5.92. The molecule has 0 spiro atoms. The largest absolute Gasteiger partial charge is 0.496 e. The molecule has 0 radical (unpaired) electrons. The normalized spacial score (nSPS) is 20.9. The summed E-state index contributed by atoms with van der Waals surface area (Å²) in [5.74, 6) is 1.68. The number of nitrogens with one attached hydrogen (secondary N) is 1.